The lowest BCUT2D eigenvalue weighted by Crippen LogP contribution is -2.33. The van der Waals surface area contributed by atoms with Gasteiger partial charge in [0.2, 0.25) is 0 Å². The van der Waals surface area contributed by atoms with Gasteiger partial charge in [0.25, 0.3) is 0 Å². The van der Waals surface area contributed by atoms with Crippen molar-refractivity contribution in [1.29, 1.82) is 0 Å². The molecule has 3 amide bonds. The molecule has 0 aliphatic heterocycles. The van der Waals surface area contributed by atoms with Crippen molar-refractivity contribution in [2.45, 2.75) is 4.83 Å². The molecule has 0 spiro atoms. The monoisotopic (exact) mass is 496 g/mol. The van der Waals surface area contributed by atoms with Crippen molar-refractivity contribution in [1.82, 2.24) is 16.0 Å². The molecule has 0 heterocycles. The Morgan fingerprint density at radius 3 is 2.08 bits per heavy atom. The minimum absolute atomic E-state index is 0.00701. The molecular formula is C13H14Br2N4O7. The first-order chi connectivity index (χ1) is 12.3. The van der Waals surface area contributed by atoms with E-state index in [2.05, 4.69) is 57.8 Å². The summed E-state index contributed by atoms with van der Waals surface area (Å²) in [6.07, 6.45) is -2.29. The van der Waals surface area contributed by atoms with Crippen molar-refractivity contribution in [3.8, 4) is 0 Å². The molecule has 1 rings (SSSR count). The Labute approximate surface area is 164 Å². The van der Waals surface area contributed by atoms with E-state index in [4.69, 9.17) is 9.47 Å². The lowest BCUT2D eigenvalue weighted by atomic mass is 10.0. The van der Waals surface area contributed by atoms with Crippen molar-refractivity contribution < 1.29 is 33.5 Å². The van der Waals surface area contributed by atoms with Crippen LogP contribution in [-0.4, -0.2) is 56.2 Å². The fourth-order valence-corrected chi connectivity index (χ4v) is 3.12. The Kier molecular flexibility index (Phi) is 8.25. The van der Waals surface area contributed by atoms with Gasteiger partial charge in [-0.05, 0) is 15.9 Å². The zero-order chi connectivity index (χ0) is 19.9. The number of halogens is 2. The molecule has 11 nitrogen and oxygen atoms in total. The highest BCUT2D eigenvalue weighted by atomic mass is 79.9. The Hall–Kier alpha value is -2.41. The number of rotatable bonds is 4. The maximum Gasteiger partial charge on any atom is 0.433 e. The van der Waals surface area contributed by atoms with Gasteiger partial charge in [-0.25, -0.2) is 14.4 Å². The van der Waals surface area contributed by atoms with Crippen LogP contribution in [0.25, 0.3) is 0 Å². The number of aldehydes is 1. The van der Waals surface area contributed by atoms with E-state index in [1.165, 1.54) is 21.1 Å². The number of ether oxygens (including phenoxy) is 2. The van der Waals surface area contributed by atoms with Crippen LogP contribution < -0.4 is 16.0 Å². The van der Waals surface area contributed by atoms with Crippen LogP contribution in [0.3, 0.4) is 0 Å². The predicted molar refractivity (Wildman–Crippen MR) is 95.8 cm³/mol. The van der Waals surface area contributed by atoms with Crippen LogP contribution >= 0.6 is 31.9 Å². The van der Waals surface area contributed by atoms with Crippen LogP contribution in [-0.2, 0) is 19.1 Å². The summed E-state index contributed by atoms with van der Waals surface area (Å²) in [5, 5.41) is 10.2. The third-order valence-electron chi connectivity index (χ3n) is 2.76. The van der Waals surface area contributed by atoms with Crippen molar-refractivity contribution in [3.63, 3.8) is 0 Å². The number of hydrogen-bond donors (Lipinski definition) is 3. The molecule has 142 valence electrons. The summed E-state index contributed by atoms with van der Waals surface area (Å²) in [5.74, 6) is -0.374. The molecule has 3 N–H and O–H groups in total. The Balaban J connectivity index is 3.51. The zero-order valence-electron chi connectivity index (χ0n) is 13.7. The maximum atomic E-state index is 11.6. The number of alkyl halides is 1. The van der Waals surface area contributed by atoms with Crippen molar-refractivity contribution in [3.05, 3.63) is 21.6 Å². The molecule has 13 heteroatoms. The second kappa shape index (κ2) is 9.91. The number of alkyl carbamates (subject to hydrolysis) is 2. The van der Waals surface area contributed by atoms with E-state index in [9.17, 15) is 19.2 Å². The van der Waals surface area contributed by atoms with Gasteiger partial charge in [-0.3, -0.25) is 9.63 Å². The lowest BCUT2D eigenvalue weighted by molar-refractivity contribution is -0.104. The van der Waals surface area contributed by atoms with Gasteiger partial charge in [-0.15, -0.1) is 0 Å². The summed E-state index contributed by atoms with van der Waals surface area (Å²) in [5.41, 5.74) is -0.375. The average Bonchev–Trinajstić information content (AvgIpc) is 2.65. The quantitative estimate of drug-likeness (QED) is 0.229. The summed E-state index contributed by atoms with van der Waals surface area (Å²) in [6, 6.07) is 0. The smallest absolute Gasteiger partial charge is 0.412 e. The molecule has 0 bridgehead atoms. The molecule has 0 aromatic heterocycles. The molecule has 0 aromatic carbocycles. The SMILES string of the molecule is CNC(=O)ON=C1C(C=O)=C(OC(=O)NC)C(Br)=C(OC(=O)NC)C1Br. The first-order valence-electron chi connectivity index (χ1n) is 6.80. The predicted octanol–water partition coefficient (Wildman–Crippen LogP) is 1.25. The molecule has 1 atom stereocenters. The molecule has 0 radical (unpaired) electrons. The largest absolute Gasteiger partial charge is 0.433 e. The molecule has 0 saturated carbocycles. The Bertz CT molecular complexity index is 717. The number of nitrogens with one attached hydrogen (secondary N) is 3. The van der Waals surface area contributed by atoms with Crippen LogP contribution in [0.1, 0.15) is 0 Å². The van der Waals surface area contributed by atoms with Crippen LogP contribution in [0.4, 0.5) is 14.4 Å². The number of carbonyl (C=O) groups is 4. The normalized spacial score (nSPS) is 18.2. The van der Waals surface area contributed by atoms with Gasteiger partial charge in [0.1, 0.15) is 20.8 Å². The number of oxime groups is 1. The van der Waals surface area contributed by atoms with Gasteiger partial charge >= 0.3 is 18.3 Å². The van der Waals surface area contributed by atoms with Gasteiger partial charge < -0.3 is 25.4 Å². The van der Waals surface area contributed by atoms with E-state index < -0.39 is 23.1 Å². The third-order valence-corrected chi connectivity index (χ3v) is 4.36. The number of carbonyl (C=O) groups excluding carboxylic acids is 4. The highest BCUT2D eigenvalue weighted by Crippen LogP contribution is 2.37. The van der Waals surface area contributed by atoms with E-state index in [1.54, 1.807) is 0 Å². The second-order valence-corrected chi connectivity index (χ2v) is 5.99. The summed E-state index contributed by atoms with van der Waals surface area (Å²) >= 11 is 6.33. The molecule has 0 fully saturated rings. The number of nitrogens with zero attached hydrogens (tertiary/aromatic N) is 1. The van der Waals surface area contributed by atoms with E-state index in [0.717, 1.165) is 0 Å². The first kappa shape index (κ1) is 21.6. The van der Waals surface area contributed by atoms with Gasteiger partial charge in [0.15, 0.2) is 12.0 Å². The van der Waals surface area contributed by atoms with E-state index >= 15 is 0 Å². The molecular weight excluding hydrogens is 484 g/mol. The van der Waals surface area contributed by atoms with Gasteiger partial charge in [0, 0.05) is 21.1 Å². The highest BCUT2D eigenvalue weighted by molar-refractivity contribution is 9.12. The number of hydrogen-bond acceptors (Lipinski definition) is 8. The summed E-state index contributed by atoms with van der Waals surface area (Å²) in [4.78, 5) is 49.6. The minimum atomic E-state index is -0.976. The van der Waals surface area contributed by atoms with Crippen molar-refractivity contribution in [2.75, 3.05) is 21.1 Å². The Morgan fingerprint density at radius 2 is 1.58 bits per heavy atom. The molecule has 1 aliphatic rings. The topological polar surface area (TPSA) is 144 Å². The fraction of sp³-hybridized carbons (Fsp3) is 0.308. The fourth-order valence-electron chi connectivity index (χ4n) is 1.55. The van der Waals surface area contributed by atoms with E-state index in [1.807, 2.05) is 0 Å². The average molecular weight is 498 g/mol. The summed E-state index contributed by atoms with van der Waals surface area (Å²) in [7, 11) is 3.95. The van der Waals surface area contributed by atoms with Crippen LogP contribution in [0.2, 0.25) is 0 Å². The summed E-state index contributed by atoms with van der Waals surface area (Å²) < 4.78 is 10.1. The van der Waals surface area contributed by atoms with Crippen LogP contribution in [0, 0.1) is 0 Å². The van der Waals surface area contributed by atoms with Crippen LogP contribution in [0.15, 0.2) is 26.7 Å². The standard InChI is InChI=1S/C13H14Br2N4O7/c1-16-11(21)24-9-5(4-20)8(19-26-13(23)18-3)6(14)10(7(9)15)25-12(22)17-2/h4,6H,1-3H3,(H,16,21)(H,17,22)(H,18,23). The van der Waals surface area contributed by atoms with E-state index in [-0.39, 0.29) is 27.3 Å². The minimum Gasteiger partial charge on any atom is -0.412 e. The van der Waals surface area contributed by atoms with Crippen LogP contribution in [0.5, 0.6) is 0 Å². The molecule has 0 saturated heterocycles. The molecule has 1 unspecified atom stereocenters. The zero-order valence-corrected chi connectivity index (χ0v) is 16.9. The van der Waals surface area contributed by atoms with Crippen molar-refractivity contribution in [2.24, 2.45) is 5.16 Å². The lowest BCUT2D eigenvalue weighted by Gasteiger charge is -2.24. The third kappa shape index (κ3) is 5.05. The maximum absolute atomic E-state index is 11.6. The van der Waals surface area contributed by atoms with Gasteiger partial charge in [-0.2, -0.15) is 0 Å². The first-order valence-corrected chi connectivity index (χ1v) is 8.51. The van der Waals surface area contributed by atoms with Gasteiger partial charge in [-0.1, -0.05) is 21.1 Å². The second-order valence-electron chi connectivity index (χ2n) is 4.29. The van der Waals surface area contributed by atoms with E-state index in [0.29, 0.717) is 6.29 Å². The van der Waals surface area contributed by atoms with Crippen molar-refractivity contribution >= 4 is 62.1 Å². The highest BCUT2D eigenvalue weighted by Gasteiger charge is 2.37. The number of amides is 3. The molecule has 1 aliphatic carbocycles. The molecule has 26 heavy (non-hydrogen) atoms. The number of allylic oxidation sites excluding steroid dienone is 3. The Morgan fingerprint density at radius 1 is 1.04 bits per heavy atom. The summed E-state index contributed by atoms with van der Waals surface area (Å²) in [6.45, 7) is 0. The molecule has 0 aromatic rings. The van der Waals surface area contributed by atoms with Gasteiger partial charge in [0.05, 0.1) is 5.57 Å².